The maximum atomic E-state index is 8.98. The lowest BCUT2D eigenvalue weighted by atomic mass is 10.2. The van der Waals surface area contributed by atoms with E-state index in [0.717, 1.165) is 16.3 Å². The van der Waals surface area contributed by atoms with Gasteiger partial charge in [-0.3, -0.25) is 0 Å². The minimum Gasteiger partial charge on any atom is -0.467 e. The summed E-state index contributed by atoms with van der Waals surface area (Å²) in [6.07, 6.45) is 0. The number of rotatable bonds is 3. The average Bonchev–Trinajstić information content (AvgIpc) is 2.32. The van der Waals surface area contributed by atoms with E-state index in [0.29, 0.717) is 12.5 Å². The molecule has 0 aliphatic heterocycles. The standard InChI is InChI=1S/C7H12N2O3/c1-5-6(4-9(2)10)7(11-3)12-8-5/h10H,4H2,1-3H3. The molecule has 5 nitrogen and oxygen atoms in total. The Morgan fingerprint density at radius 2 is 2.33 bits per heavy atom. The van der Waals surface area contributed by atoms with Crippen LogP contribution >= 0.6 is 0 Å². The van der Waals surface area contributed by atoms with E-state index in [4.69, 9.17) is 14.5 Å². The molecule has 0 atom stereocenters. The fourth-order valence-corrected chi connectivity index (χ4v) is 0.936. The summed E-state index contributed by atoms with van der Waals surface area (Å²) in [6, 6.07) is 0. The van der Waals surface area contributed by atoms with Gasteiger partial charge in [0.2, 0.25) is 0 Å². The molecule has 0 aromatic carbocycles. The number of hydrogen-bond acceptors (Lipinski definition) is 5. The van der Waals surface area contributed by atoms with Gasteiger partial charge in [-0.1, -0.05) is 5.16 Å². The summed E-state index contributed by atoms with van der Waals surface area (Å²) in [5, 5.41) is 13.7. The molecule has 68 valence electrons. The van der Waals surface area contributed by atoms with Crippen LogP contribution in [0.2, 0.25) is 0 Å². The largest absolute Gasteiger partial charge is 0.467 e. The van der Waals surface area contributed by atoms with Crippen LogP contribution in [-0.2, 0) is 6.54 Å². The molecule has 0 amide bonds. The molecule has 0 saturated heterocycles. The van der Waals surface area contributed by atoms with Gasteiger partial charge < -0.3 is 14.5 Å². The number of aromatic nitrogens is 1. The van der Waals surface area contributed by atoms with E-state index in [1.165, 1.54) is 7.11 Å². The fourth-order valence-electron chi connectivity index (χ4n) is 0.936. The molecule has 1 rings (SSSR count). The second-order valence-electron chi connectivity index (χ2n) is 2.55. The van der Waals surface area contributed by atoms with E-state index in [9.17, 15) is 0 Å². The second-order valence-corrected chi connectivity index (χ2v) is 2.55. The van der Waals surface area contributed by atoms with Gasteiger partial charge in [0.05, 0.1) is 24.9 Å². The van der Waals surface area contributed by atoms with E-state index in [-0.39, 0.29) is 0 Å². The molecular weight excluding hydrogens is 160 g/mol. The van der Waals surface area contributed by atoms with Gasteiger partial charge in [-0.25, -0.2) is 0 Å². The normalized spacial score (nSPS) is 10.8. The molecular formula is C7H12N2O3. The zero-order valence-electron chi connectivity index (χ0n) is 7.37. The highest BCUT2D eigenvalue weighted by atomic mass is 16.6. The fraction of sp³-hybridized carbons (Fsp3) is 0.571. The third kappa shape index (κ3) is 1.75. The first-order valence-electron chi connectivity index (χ1n) is 3.54. The number of hydrogen-bond donors (Lipinski definition) is 1. The molecule has 0 aliphatic rings. The van der Waals surface area contributed by atoms with E-state index in [1.807, 2.05) is 0 Å². The number of nitrogens with zero attached hydrogens (tertiary/aromatic N) is 2. The Bertz CT molecular complexity index is 257. The van der Waals surface area contributed by atoms with Crippen molar-refractivity contribution >= 4 is 0 Å². The van der Waals surface area contributed by atoms with E-state index in [2.05, 4.69) is 5.16 Å². The molecule has 12 heavy (non-hydrogen) atoms. The van der Waals surface area contributed by atoms with Gasteiger partial charge in [-0.05, 0) is 6.92 Å². The predicted octanol–water partition coefficient (Wildman–Crippen LogP) is 0.813. The molecule has 0 unspecified atom stereocenters. The van der Waals surface area contributed by atoms with Crippen molar-refractivity contribution in [2.24, 2.45) is 0 Å². The highest BCUT2D eigenvalue weighted by Crippen LogP contribution is 2.21. The van der Waals surface area contributed by atoms with Crippen LogP contribution in [0.4, 0.5) is 0 Å². The van der Waals surface area contributed by atoms with Crippen molar-refractivity contribution in [3.8, 4) is 5.95 Å². The van der Waals surface area contributed by atoms with Crippen LogP contribution in [0, 0.1) is 6.92 Å². The minimum atomic E-state index is 0.346. The first kappa shape index (κ1) is 9.02. The number of methoxy groups -OCH3 is 1. The average molecular weight is 172 g/mol. The quantitative estimate of drug-likeness (QED) is 0.684. The third-order valence-electron chi connectivity index (χ3n) is 1.52. The Labute approximate surface area is 70.5 Å². The van der Waals surface area contributed by atoms with Crippen molar-refractivity contribution in [3.63, 3.8) is 0 Å². The van der Waals surface area contributed by atoms with Gasteiger partial charge in [0.1, 0.15) is 0 Å². The van der Waals surface area contributed by atoms with Gasteiger partial charge >= 0.3 is 5.95 Å². The van der Waals surface area contributed by atoms with Gasteiger partial charge in [-0.2, -0.15) is 5.06 Å². The Kier molecular flexibility index (Phi) is 2.67. The van der Waals surface area contributed by atoms with Crippen molar-refractivity contribution in [1.82, 2.24) is 10.2 Å². The summed E-state index contributed by atoms with van der Waals surface area (Å²) < 4.78 is 9.74. The smallest absolute Gasteiger partial charge is 0.315 e. The topological polar surface area (TPSA) is 58.7 Å². The van der Waals surface area contributed by atoms with Crippen molar-refractivity contribution < 1.29 is 14.5 Å². The Morgan fingerprint density at radius 3 is 2.83 bits per heavy atom. The highest BCUT2D eigenvalue weighted by Gasteiger charge is 2.14. The van der Waals surface area contributed by atoms with Crippen molar-refractivity contribution in [1.29, 1.82) is 0 Å². The van der Waals surface area contributed by atoms with Crippen molar-refractivity contribution in [2.45, 2.75) is 13.5 Å². The lowest BCUT2D eigenvalue weighted by Crippen LogP contribution is -2.12. The molecule has 0 aliphatic carbocycles. The summed E-state index contributed by atoms with van der Waals surface area (Å²) in [4.78, 5) is 0. The van der Waals surface area contributed by atoms with Crippen LogP contribution in [0.25, 0.3) is 0 Å². The van der Waals surface area contributed by atoms with Crippen LogP contribution in [-0.4, -0.2) is 29.6 Å². The molecule has 0 spiro atoms. The Balaban J connectivity index is 2.86. The molecule has 1 N–H and O–H groups in total. The second kappa shape index (κ2) is 3.55. The molecule has 1 aromatic rings. The van der Waals surface area contributed by atoms with Crippen molar-refractivity contribution in [2.75, 3.05) is 14.2 Å². The first-order valence-corrected chi connectivity index (χ1v) is 3.54. The summed E-state index contributed by atoms with van der Waals surface area (Å²) in [6.45, 7) is 2.14. The van der Waals surface area contributed by atoms with E-state index in [1.54, 1.807) is 14.0 Å². The number of aryl methyl sites for hydroxylation is 1. The van der Waals surface area contributed by atoms with Gasteiger partial charge in [0.15, 0.2) is 0 Å². The number of hydroxylamine groups is 2. The zero-order valence-corrected chi connectivity index (χ0v) is 7.37. The number of ether oxygens (including phenoxy) is 1. The lowest BCUT2D eigenvalue weighted by molar-refractivity contribution is -0.0739. The monoisotopic (exact) mass is 172 g/mol. The highest BCUT2D eigenvalue weighted by molar-refractivity contribution is 5.26. The SMILES string of the molecule is COc1onc(C)c1CN(C)O. The van der Waals surface area contributed by atoms with E-state index < -0.39 is 0 Å². The van der Waals surface area contributed by atoms with Crippen LogP contribution in [0.15, 0.2) is 4.52 Å². The van der Waals surface area contributed by atoms with Crippen LogP contribution < -0.4 is 4.74 Å². The molecule has 0 radical (unpaired) electrons. The lowest BCUT2D eigenvalue weighted by Gasteiger charge is -2.06. The Hall–Kier alpha value is -1.07. The first-order chi connectivity index (χ1) is 5.65. The molecule has 0 bridgehead atoms. The maximum Gasteiger partial charge on any atom is 0.315 e. The van der Waals surface area contributed by atoms with Gasteiger partial charge in [-0.15, -0.1) is 0 Å². The van der Waals surface area contributed by atoms with Crippen LogP contribution in [0.5, 0.6) is 5.95 Å². The third-order valence-corrected chi connectivity index (χ3v) is 1.52. The summed E-state index contributed by atoms with van der Waals surface area (Å²) in [5.74, 6) is 0.355. The minimum absolute atomic E-state index is 0.346. The molecule has 5 heteroatoms. The molecule has 0 fully saturated rings. The summed E-state index contributed by atoms with van der Waals surface area (Å²) in [7, 11) is 3.05. The van der Waals surface area contributed by atoms with Gasteiger partial charge in [0.25, 0.3) is 0 Å². The van der Waals surface area contributed by atoms with Crippen LogP contribution in [0.1, 0.15) is 11.3 Å². The predicted molar refractivity (Wildman–Crippen MR) is 41.0 cm³/mol. The maximum absolute atomic E-state index is 8.98. The molecule has 0 saturated carbocycles. The van der Waals surface area contributed by atoms with Crippen molar-refractivity contribution in [3.05, 3.63) is 11.3 Å². The molecule has 1 aromatic heterocycles. The Morgan fingerprint density at radius 1 is 1.67 bits per heavy atom. The zero-order chi connectivity index (χ0) is 9.14. The summed E-state index contributed by atoms with van der Waals surface area (Å²) in [5.41, 5.74) is 1.50. The van der Waals surface area contributed by atoms with E-state index >= 15 is 0 Å². The van der Waals surface area contributed by atoms with Gasteiger partial charge in [0, 0.05) is 7.05 Å². The summed E-state index contributed by atoms with van der Waals surface area (Å²) >= 11 is 0. The molecule has 1 heterocycles. The van der Waals surface area contributed by atoms with Crippen LogP contribution in [0.3, 0.4) is 0 Å².